The zero-order chi connectivity index (χ0) is 18.7. The minimum absolute atomic E-state index is 0.100. The zero-order valence-corrected chi connectivity index (χ0v) is 15.5. The van der Waals surface area contributed by atoms with E-state index in [2.05, 4.69) is 12.1 Å². The lowest BCUT2D eigenvalue weighted by molar-refractivity contribution is -0.121. The molecule has 7 heteroatoms. The average Bonchev–Trinajstić information content (AvgIpc) is 2.68. The van der Waals surface area contributed by atoms with Gasteiger partial charge in [-0.2, -0.15) is 10.5 Å². The Morgan fingerprint density at radius 1 is 1.12 bits per heavy atom. The molecular formula is C19H17N3O3S. The van der Waals surface area contributed by atoms with Crippen LogP contribution in [0.3, 0.4) is 0 Å². The molecule has 0 unspecified atom stereocenters. The molecule has 0 N–H and O–H groups in total. The first-order chi connectivity index (χ1) is 12.6. The summed E-state index contributed by atoms with van der Waals surface area (Å²) in [5.41, 5.74) is 2.27. The predicted molar refractivity (Wildman–Crippen MR) is 97.8 cm³/mol. The Labute approximate surface area is 156 Å². The van der Waals surface area contributed by atoms with Crippen LogP contribution in [-0.2, 0) is 9.47 Å². The van der Waals surface area contributed by atoms with Crippen molar-refractivity contribution >= 4 is 23.1 Å². The molecule has 0 amide bonds. The number of para-hydroxylation sites is 1. The van der Waals surface area contributed by atoms with E-state index in [1.54, 1.807) is 17.8 Å². The van der Waals surface area contributed by atoms with Gasteiger partial charge in [-0.3, -0.25) is 0 Å². The van der Waals surface area contributed by atoms with Gasteiger partial charge in [0.25, 0.3) is 0 Å². The molecule has 0 saturated heterocycles. The second kappa shape index (κ2) is 7.67. The van der Waals surface area contributed by atoms with Crippen molar-refractivity contribution in [2.24, 2.45) is 0 Å². The summed E-state index contributed by atoms with van der Waals surface area (Å²) in [4.78, 5) is 3.92. The minimum Gasteiger partial charge on any atom is -0.485 e. The summed E-state index contributed by atoms with van der Waals surface area (Å²) < 4.78 is 16.2. The standard InChI is InChI=1S/C19H17N3O3S/c1-22-14-6-4-5-7-15(14)26-16-8-12(9-20)13(10-21)19(18(16)22)25-11-17(23-2)24-3/h4-8,17H,11H2,1-3H3. The van der Waals surface area contributed by atoms with Crippen molar-refractivity contribution in [2.75, 3.05) is 32.8 Å². The van der Waals surface area contributed by atoms with Crippen LogP contribution in [0.1, 0.15) is 11.1 Å². The quantitative estimate of drug-likeness (QED) is 0.746. The molecule has 0 bridgehead atoms. The van der Waals surface area contributed by atoms with Crippen LogP contribution >= 0.6 is 11.8 Å². The molecule has 2 aromatic rings. The molecule has 0 radical (unpaired) electrons. The lowest BCUT2D eigenvalue weighted by Crippen LogP contribution is -2.24. The molecule has 2 aromatic carbocycles. The van der Waals surface area contributed by atoms with Crippen LogP contribution in [0.15, 0.2) is 40.1 Å². The third-order valence-electron chi connectivity index (χ3n) is 4.12. The Morgan fingerprint density at radius 3 is 2.50 bits per heavy atom. The Hall–Kier alpha value is -2.71. The SMILES string of the molecule is COC(COc1c(C#N)c(C#N)cc2c1N(C)c1ccccc1S2)OC. The topological polar surface area (TPSA) is 78.5 Å². The van der Waals surface area contributed by atoms with E-state index < -0.39 is 6.29 Å². The van der Waals surface area contributed by atoms with Crippen molar-refractivity contribution in [1.82, 2.24) is 0 Å². The number of ether oxygens (including phenoxy) is 3. The van der Waals surface area contributed by atoms with E-state index in [9.17, 15) is 10.5 Å². The van der Waals surface area contributed by atoms with Gasteiger partial charge in [0.15, 0.2) is 12.0 Å². The number of hydrogen-bond donors (Lipinski definition) is 0. The maximum Gasteiger partial charge on any atom is 0.191 e. The highest BCUT2D eigenvalue weighted by molar-refractivity contribution is 7.99. The Bertz CT molecular complexity index is 913. The van der Waals surface area contributed by atoms with E-state index in [-0.39, 0.29) is 17.7 Å². The van der Waals surface area contributed by atoms with Gasteiger partial charge >= 0.3 is 0 Å². The summed E-state index contributed by atoms with van der Waals surface area (Å²) in [6.07, 6.45) is -0.572. The second-order valence-corrected chi connectivity index (χ2v) is 6.62. The van der Waals surface area contributed by atoms with Gasteiger partial charge in [-0.15, -0.1) is 0 Å². The molecule has 26 heavy (non-hydrogen) atoms. The first-order valence-corrected chi connectivity index (χ1v) is 8.66. The highest BCUT2D eigenvalue weighted by Crippen LogP contribution is 2.52. The van der Waals surface area contributed by atoms with E-state index in [0.29, 0.717) is 5.75 Å². The molecule has 0 saturated carbocycles. The zero-order valence-electron chi connectivity index (χ0n) is 14.6. The Balaban J connectivity index is 2.14. The van der Waals surface area contributed by atoms with Crippen molar-refractivity contribution in [3.8, 4) is 17.9 Å². The molecule has 0 atom stereocenters. The number of methoxy groups -OCH3 is 2. The summed E-state index contributed by atoms with van der Waals surface area (Å²) in [6.45, 7) is 0.100. The lowest BCUT2D eigenvalue weighted by atomic mass is 10.1. The van der Waals surface area contributed by atoms with Crippen LogP contribution in [0.4, 0.5) is 11.4 Å². The first-order valence-electron chi connectivity index (χ1n) is 7.84. The number of anilines is 2. The highest BCUT2D eigenvalue weighted by atomic mass is 32.2. The average molecular weight is 367 g/mol. The van der Waals surface area contributed by atoms with Crippen LogP contribution in [0.5, 0.6) is 5.75 Å². The fourth-order valence-electron chi connectivity index (χ4n) is 2.80. The molecule has 132 valence electrons. The fourth-order valence-corrected chi connectivity index (χ4v) is 4.00. The highest BCUT2D eigenvalue weighted by Gasteiger charge is 2.29. The molecule has 0 fully saturated rings. The largest absolute Gasteiger partial charge is 0.485 e. The summed E-state index contributed by atoms with van der Waals surface area (Å²) in [6, 6.07) is 13.9. The minimum atomic E-state index is -0.572. The van der Waals surface area contributed by atoms with Gasteiger partial charge in [0, 0.05) is 31.1 Å². The fraction of sp³-hybridized carbons (Fsp3) is 0.263. The smallest absolute Gasteiger partial charge is 0.191 e. The van der Waals surface area contributed by atoms with E-state index in [4.69, 9.17) is 14.2 Å². The van der Waals surface area contributed by atoms with E-state index in [0.717, 1.165) is 21.2 Å². The van der Waals surface area contributed by atoms with E-state index in [1.807, 2.05) is 36.2 Å². The number of nitriles is 2. The van der Waals surface area contributed by atoms with Crippen molar-refractivity contribution in [3.05, 3.63) is 41.5 Å². The first kappa shape index (κ1) is 18.1. The number of benzene rings is 2. The lowest BCUT2D eigenvalue weighted by Gasteiger charge is -2.32. The summed E-state index contributed by atoms with van der Waals surface area (Å²) in [5, 5.41) is 19.1. The van der Waals surface area contributed by atoms with E-state index in [1.165, 1.54) is 14.2 Å². The van der Waals surface area contributed by atoms with Gasteiger partial charge < -0.3 is 19.1 Å². The van der Waals surface area contributed by atoms with Gasteiger partial charge in [-0.05, 0) is 18.2 Å². The van der Waals surface area contributed by atoms with Crippen molar-refractivity contribution in [1.29, 1.82) is 10.5 Å². The number of rotatable bonds is 5. The molecule has 6 nitrogen and oxygen atoms in total. The van der Waals surface area contributed by atoms with Gasteiger partial charge in [0.1, 0.15) is 24.3 Å². The maximum absolute atomic E-state index is 9.62. The molecule has 0 aromatic heterocycles. The van der Waals surface area contributed by atoms with Gasteiger partial charge in [-0.1, -0.05) is 23.9 Å². The predicted octanol–water partition coefficient (Wildman–Crippen LogP) is 3.66. The molecule has 3 rings (SSSR count). The van der Waals surface area contributed by atoms with E-state index >= 15 is 0 Å². The summed E-state index contributed by atoms with van der Waals surface area (Å²) in [7, 11) is 4.95. The Morgan fingerprint density at radius 2 is 1.85 bits per heavy atom. The molecule has 0 aliphatic carbocycles. The second-order valence-electron chi connectivity index (χ2n) is 5.54. The number of hydrogen-bond acceptors (Lipinski definition) is 7. The summed E-state index contributed by atoms with van der Waals surface area (Å²) in [5.74, 6) is 0.366. The van der Waals surface area contributed by atoms with Crippen molar-refractivity contribution in [3.63, 3.8) is 0 Å². The van der Waals surface area contributed by atoms with Crippen molar-refractivity contribution in [2.45, 2.75) is 16.1 Å². The van der Waals surface area contributed by atoms with Crippen LogP contribution < -0.4 is 9.64 Å². The molecule has 1 heterocycles. The normalized spacial score (nSPS) is 12.2. The molecule has 1 aliphatic heterocycles. The third kappa shape index (κ3) is 3.09. The molecular weight excluding hydrogens is 350 g/mol. The monoisotopic (exact) mass is 367 g/mol. The Kier molecular flexibility index (Phi) is 5.34. The van der Waals surface area contributed by atoms with Crippen molar-refractivity contribution < 1.29 is 14.2 Å². The van der Waals surface area contributed by atoms with Crippen LogP contribution in [-0.4, -0.2) is 34.2 Å². The molecule has 0 spiro atoms. The summed E-state index contributed by atoms with van der Waals surface area (Å²) >= 11 is 1.55. The van der Waals surface area contributed by atoms with Gasteiger partial charge in [0.2, 0.25) is 0 Å². The number of nitrogens with zero attached hydrogens (tertiary/aromatic N) is 3. The maximum atomic E-state index is 9.62. The van der Waals surface area contributed by atoms with Crippen LogP contribution in [0.2, 0.25) is 0 Å². The van der Waals surface area contributed by atoms with Crippen LogP contribution in [0, 0.1) is 22.7 Å². The van der Waals surface area contributed by atoms with Crippen LogP contribution in [0.25, 0.3) is 0 Å². The molecule has 1 aliphatic rings. The third-order valence-corrected chi connectivity index (χ3v) is 5.22. The number of fused-ring (bicyclic) bond motifs is 2. The van der Waals surface area contributed by atoms with Gasteiger partial charge in [-0.25, -0.2) is 0 Å². The van der Waals surface area contributed by atoms with Gasteiger partial charge in [0.05, 0.1) is 16.9 Å².